The van der Waals surface area contributed by atoms with Gasteiger partial charge in [-0.3, -0.25) is 4.79 Å². The molecule has 0 aromatic carbocycles. The molecule has 0 unspecified atom stereocenters. The molecular weight excluding hydrogens is 200 g/mol. The van der Waals surface area contributed by atoms with Crippen molar-refractivity contribution in [2.45, 2.75) is 40.5 Å². The molecule has 1 fully saturated rings. The zero-order valence-corrected chi connectivity index (χ0v) is 10.5. The van der Waals surface area contributed by atoms with E-state index >= 15 is 0 Å². The van der Waals surface area contributed by atoms with Gasteiger partial charge in [-0.05, 0) is 37.8 Å². The highest BCUT2D eigenvalue weighted by Gasteiger charge is 2.29. The maximum Gasteiger partial charge on any atom is 0.228 e. The maximum atomic E-state index is 11.5. The van der Waals surface area contributed by atoms with Crippen LogP contribution in [0.2, 0.25) is 0 Å². The number of anilines is 1. The minimum absolute atomic E-state index is 0.115. The first-order valence-corrected chi connectivity index (χ1v) is 5.91. The van der Waals surface area contributed by atoms with Crippen molar-refractivity contribution in [3.8, 4) is 0 Å². The summed E-state index contributed by atoms with van der Waals surface area (Å²) in [6.45, 7) is 7.95. The lowest BCUT2D eigenvalue weighted by Gasteiger charge is -2.06. The lowest BCUT2D eigenvalue weighted by molar-refractivity contribution is -0.117. The molecule has 0 aliphatic heterocycles. The predicted octanol–water partition coefficient (Wildman–Crippen LogP) is 3.07. The molecule has 1 amide bonds. The quantitative estimate of drug-likeness (QED) is 0.832. The Morgan fingerprint density at radius 1 is 1.38 bits per heavy atom. The molecule has 3 heteroatoms. The highest BCUT2D eigenvalue weighted by Crippen LogP contribution is 2.30. The number of pyridine rings is 1. The van der Waals surface area contributed by atoms with E-state index in [2.05, 4.69) is 10.3 Å². The molecule has 1 aliphatic carbocycles. The van der Waals surface area contributed by atoms with Gasteiger partial charge in [0.05, 0.1) is 0 Å². The van der Waals surface area contributed by atoms with Gasteiger partial charge in [0, 0.05) is 12.1 Å². The average molecular weight is 220 g/mol. The van der Waals surface area contributed by atoms with Crippen molar-refractivity contribution in [1.29, 1.82) is 0 Å². The molecular formula is C13H20N2O. The largest absolute Gasteiger partial charge is 0.310 e. The molecule has 3 nitrogen and oxygen atoms in total. The molecule has 1 N–H and O–H groups in total. The second-order valence-corrected chi connectivity index (χ2v) is 3.94. The number of nitrogens with one attached hydrogen (secondary N) is 1. The Bertz CT molecular complexity index is 370. The summed E-state index contributed by atoms with van der Waals surface area (Å²) in [4.78, 5) is 15.7. The number of carbonyl (C=O) groups is 1. The molecule has 1 aliphatic rings. The van der Waals surface area contributed by atoms with E-state index < -0.39 is 0 Å². The summed E-state index contributed by atoms with van der Waals surface area (Å²) in [5, 5.41) is 2.85. The predicted molar refractivity (Wildman–Crippen MR) is 66.4 cm³/mol. The molecule has 1 aromatic heterocycles. The third-order valence-electron chi connectivity index (χ3n) is 2.40. The van der Waals surface area contributed by atoms with Crippen LogP contribution in [0.25, 0.3) is 0 Å². The van der Waals surface area contributed by atoms with Crippen LogP contribution in [0, 0.1) is 19.8 Å². The van der Waals surface area contributed by atoms with Crippen LogP contribution >= 0.6 is 0 Å². The fourth-order valence-electron chi connectivity index (χ4n) is 1.41. The van der Waals surface area contributed by atoms with E-state index in [9.17, 15) is 4.79 Å². The standard InChI is InChI=1S/C11H14N2O.C2H6/c1-7-5-8(2)10(12-6-7)13-11(14)9-3-4-9;1-2/h5-6,9H,3-4H2,1-2H3,(H,12,13,14);1-2H3. The van der Waals surface area contributed by atoms with E-state index in [0.29, 0.717) is 5.82 Å². The third-order valence-corrected chi connectivity index (χ3v) is 2.40. The number of nitrogens with zero attached hydrogens (tertiary/aromatic N) is 1. The fraction of sp³-hybridized carbons (Fsp3) is 0.538. The van der Waals surface area contributed by atoms with Crippen LogP contribution in [0.4, 0.5) is 5.82 Å². The summed E-state index contributed by atoms with van der Waals surface area (Å²) in [7, 11) is 0. The van der Waals surface area contributed by atoms with Crippen molar-refractivity contribution < 1.29 is 4.79 Å². The maximum absolute atomic E-state index is 11.5. The second kappa shape index (κ2) is 5.64. The summed E-state index contributed by atoms with van der Waals surface area (Å²) in [6.07, 6.45) is 3.82. The van der Waals surface area contributed by atoms with Crippen molar-refractivity contribution in [3.05, 3.63) is 23.4 Å². The molecule has 0 radical (unpaired) electrons. The molecule has 0 atom stereocenters. The van der Waals surface area contributed by atoms with E-state index in [0.717, 1.165) is 24.0 Å². The number of aryl methyl sites for hydroxylation is 2. The van der Waals surface area contributed by atoms with Gasteiger partial charge in [0.1, 0.15) is 5.82 Å². The number of hydrogen-bond acceptors (Lipinski definition) is 2. The van der Waals surface area contributed by atoms with E-state index in [1.165, 1.54) is 0 Å². The van der Waals surface area contributed by atoms with Crippen LogP contribution in [0.15, 0.2) is 12.3 Å². The lowest BCUT2D eigenvalue weighted by atomic mass is 10.2. The Morgan fingerprint density at radius 2 is 2.00 bits per heavy atom. The fourth-order valence-corrected chi connectivity index (χ4v) is 1.41. The van der Waals surface area contributed by atoms with Crippen molar-refractivity contribution >= 4 is 11.7 Å². The highest BCUT2D eigenvalue weighted by atomic mass is 16.2. The summed E-state index contributed by atoms with van der Waals surface area (Å²) in [6, 6.07) is 2.02. The summed E-state index contributed by atoms with van der Waals surface area (Å²) in [5.74, 6) is 1.05. The van der Waals surface area contributed by atoms with Crippen LogP contribution in [0.5, 0.6) is 0 Å². The second-order valence-electron chi connectivity index (χ2n) is 3.94. The topological polar surface area (TPSA) is 42.0 Å². The van der Waals surface area contributed by atoms with Gasteiger partial charge in [-0.2, -0.15) is 0 Å². The first-order chi connectivity index (χ1) is 7.66. The Hall–Kier alpha value is -1.38. The molecule has 0 bridgehead atoms. The van der Waals surface area contributed by atoms with Gasteiger partial charge < -0.3 is 5.32 Å². The molecule has 0 saturated heterocycles. The zero-order valence-electron chi connectivity index (χ0n) is 10.5. The van der Waals surface area contributed by atoms with Gasteiger partial charge in [-0.15, -0.1) is 0 Å². The highest BCUT2D eigenvalue weighted by molar-refractivity contribution is 5.93. The molecule has 0 spiro atoms. The molecule has 2 rings (SSSR count). The van der Waals surface area contributed by atoms with Crippen LogP contribution in [0.3, 0.4) is 0 Å². The number of aromatic nitrogens is 1. The van der Waals surface area contributed by atoms with Crippen LogP contribution < -0.4 is 5.32 Å². The van der Waals surface area contributed by atoms with Crippen molar-refractivity contribution in [3.63, 3.8) is 0 Å². The summed E-state index contributed by atoms with van der Waals surface area (Å²) >= 11 is 0. The molecule has 1 heterocycles. The Kier molecular flexibility index (Phi) is 4.47. The van der Waals surface area contributed by atoms with E-state index in [-0.39, 0.29) is 11.8 Å². The molecule has 88 valence electrons. The smallest absolute Gasteiger partial charge is 0.228 e. The van der Waals surface area contributed by atoms with Gasteiger partial charge in [0.15, 0.2) is 0 Å². The van der Waals surface area contributed by atoms with E-state index in [1.807, 2.05) is 33.8 Å². The van der Waals surface area contributed by atoms with Crippen molar-refractivity contribution in [2.75, 3.05) is 5.32 Å². The van der Waals surface area contributed by atoms with E-state index in [4.69, 9.17) is 0 Å². The van der Waals surface area contributed by atoms with Gasteiger partial charge in [-0.1, -0.05) is 19.9 Å². The van der Waals surface area contributed by atoms with Crippen LogP contribution in [-0.2, 0) is 4.79 Å². The first kappa shape index (κ1) is 12.7. The Morgan fingerprint density at radius 3 is 2.50 bits per heavy atom. The number of hydrogen-bond donors (Lipinski definition) is 1. The monoisotopic (exact) mass is 220 g/mol. The normalized spacial score (nSPS) is 13.8. The Balaban J connectivity index is 0.000000606. The molecule has 1 saturated carbocycles. The molecule has 16 heavy (non-hydrogen) atoms. The van der Waals surface area contributed by atoms with Crippen LogP contribution in [-0.4, -0.2) is 10.9 Å². The van der Waals surface area contributed by atoms with Gasteiger partial charge in [-0.25, -0.2) is 4.98 Å². The summed E-state index contributed by atoms with van der Waals surface area (Å²) < 4.78 is 0. The molecule has 1 aromatic rings. The van der Waals surface area contributed by atoms with Gasteiger partial charge in [0.25, 0.3) is 0 Å². The first-order valence-electron chi connectivity index (χ1n) is 5.91. The van der Waals surface area contributed by atoms with Crippen LogP contribution in [0.1, 0.15) is 37.8 Å². The summed E-state index contributed by atoms with van der Waals surface area (Å²) in [5.41, 5.74) is 2.14. The number of carbonyl (C=O) groups excluding carboxylic acids is 1. The number of rotatable bonds is 2. The average Bonchev–Trinajstić information content (AvgIpc) is 3.08. The Labute approximate surface area is 97.3 Å². The minimum atomic E-state index is 0.115. The van der Waals surface area contributed by atoms with Crippen molar-refractivity contribution in [2.24, 2.45) is 5.92 Å². The van der Waals surface area contributed by atoms with Crippen molar-refractivity contribution in [1.82, 2.24) is 4.98 Å². The van der Waals surface area contributed by atoms with Gasteiger partial charge >= 0.3 is 0 Å². The minimum Gasteiger partial charge on any atom is -0.310 e. The zero-order chi connectivity index (χ0) is 12.1. The van der Waals surface area contributed by atoms with E-state index in [1.54, 1.807) is 6.20 Å². The number of amides is 1. The third kappa shape index (κ3) is 3.33. The lowest BCUT2D eigenvalue weighted by Crippen LogP contribution is -2.15. The SMILES string of the molecule is CC.Cc1cnc(NC(=O)C2CC2)c(C)c1. The van der Waals surface area contributed by atoms with Gasteiger partial charge in [0.2, 0.25) is 5.91 Å².